The summed E-state index contributed by atoms with van der Waals surface area (Å²) in [6.45, 7) is 2.19. The van der Waals surface area contributed by atoms with Crippen molar-refractivity contribution in [1.29, 1.82) is 0 Å². The molecule has 0 bridgehead atoms. The molecule has 1 aliphatic heterocycles. The van der Waals surface area contributed by atoms with Crippen LogP contribution in [0.2, 0.25) is 0 Å². The van der Waals surface area contributed by atoms with Crippen molar-refractivity contribution in [2.75, 3.05) is 0 Å². The average Bonchev–Trinajstić information content (AvgIpc) is 3.01. The van der Waals surface area contributed by atoms with Crippen molar-refractivity contribution in [2.45, 2.75) is 56.9 Å². The highest BCUT2D eigenvalue weighted by atomic mass is 16.3. The third kappa shape index (κ3) is 2.46. The predicted octanol–water partition coefficient (Wildman–Crippen LogP) is 2.99. The normalized spacial score (nSPS) is 29.5. The van der Waals surface area contributed by atoms with Gasteiger partial charge in [0.25, 0.3) is 5.91 Å². The van der Waals surface area contributed by atoms with Gasteiger partial charge in [0.05, 0.1) is 6.21 Å². The van der Waals surface area contributed by atoms with E-state index < -0.39 is 11.6 Å². The Labute approximate surface area is 134 Å². The molecule has 23 heavy (non-hydrogen) atoms. The largest absolute Gasteiger partial charge is 0.460 e. The van der Waals surface area contributed by atoms with Crippen LogP contribution in [0.5, 0.6) is 0 Å². The third-order valence-corrected chi connectivity index (χ3v) is 5.27. The Morgan fingerprint density at radius 1 is 1.30 bits per heavy atom. The van der Waals surface area contributed by atoms with Crippen LogP contribution in [0.15, 0.2) is 21.7 Å². The van der Waals surface area contributed by atoms with Crippen LogP contribution in [-0.2, 0) is 4.79 Å². The van der Waals surface area contributed by atoms with Crippen molar-refractivity contribution in [3.63, 3.8) is 0 Å². The molecule has 3 fully saturated rings. The van der Waals surface area contributed by atoms with Gasteiger partial charge >= 0.3 is 6.03 Å². The zero-order valence-electron chi connectivity index (χ0n) is 13.2. The van der Waals surface area contributed by atoms with Crippen molar-refractivity contribution in [2.24, 2.45) is 11.0 Å². The molecule has 2 heterocycles. The van der Waals surface area contributed by atoms with Gasteiger partial charge in [-0.15, -0.1) is 5.01 Å². The molecule has 0 unspecified atom stereocenters. The molecular weight excluding hydrogens is 294 g/mol. The summed E-state index contributed by atoms with van der Waals surface area (Å²) in [5.74, 6) is 2.47. The number of imide groups is 1. The highest BCUT2D eigenvalue weighted by Crippen LogP contribution is 2.47. The number of hydrazone groups is 1. The lowest BCUT2D eigenvalue weighted by Gasteiger charge is -2.29. The molecule has 1 spiro atoms. The maximum Gasteiger partial charge on any atom is 0.346 e. The highest BCUT2D eigenvalue weighted by Gasteiger charge is 2.51. The second-order valence-corrected chi connectivity index (χ2v) is 6.99. The highest BCUT2D eigenvalue weighted by molar-refractivity contribution is 6.07. The smallest absolute Gasteiger partial charge is 0.346 e. The summed E-state index contributed by atoms with van der Waals surface area (Å²) in [7, 11) is 0. The Morgan fingerprint density at radius 2 is 2.04 bits per heavy atom. The third-order valence-electron chi connectivity index (χ3n) is 5.27. The Hall–Kier alpha value is -2.11. The first-order valence-corrected chi connectivity index (χ1v) is 8.39. The molecule has 1 aromatic heterocycles. The minimum atomic E-state index is -0.732. The Balaban J connectivity index is 1.48. The number of hydrogen-bond acceptors (Lipinski definition) is 4. The molecule has 1 aromatic rings. The van der Waals surface area contributed by atoms with Crippen molar-refractivity contribution in [3.05, 3.63) is 23.7 Å². The van der Waals surface area contributed by atoms with E-state index in [0.717, 1.165) is 36.5 Å². The fourth-order valence-electron chi connectivity index (χ4n) is 3.68. The van der Waals surface area contributed by atoms with Crippen molar-refractivity contribution >= 4 is 18.2 Å². The Bertz CT molecular complexity index is 672. The summed E-state index contributed by atoms with van der Waals surface area (Å²) in [5, 5.41) is 7.86. The molecule has 1 N–H and O–H groups in total. The van der Waals surface area contributed by atoms with Crippen LogP contribution in [0.25, 0.3) is 0 Å². The van der Waals surface area contributed by atoms with Gasteiger partial charge in [-0.25, -0.2) is 4.79 Å². The number of urea groups is 1. The monoisotopic (exact) mass is 315 g/mol. The second-order valence-electron chi connectivity index (χ2n) is 6.99. The number of nitrogens with zero attached hydrogens (tertiary/aromatic N) is 2. The summed E-state index contributed by atoms with van der Waals surface area (Å²) in [4.78, 5) is 24.7. The SMILES string of the molecule is C[C@H]1C[C@H]1c1ccc(/C=N\N2C(=O)NC3(CCCCC3)C2=O)o1. The molecule has 6 heteroatoms. The minimum absolute atomic E-state index is 0.235. The second kappa shape index (κ2) is 5.22. The summed E-state index contributed by atoms with van der Waals surface area (Å²) < 4.78 is 5.73. The molecule has 0 aromatic carbocycles. The Morgan fingerprint density at radius 3 is 2.74 bits per heavy atom. The van der Waals surface area contributed by atoms with E-state index >= 15 is 0 Å². The molecule has 0 radical (unpaired) electrons. The summed E-state index contributed by atoms with van der Waals surface area (Å²) in [6, 6.07) is 3.35. The summed E-state index contributed by atoms with van der Waals surface area (Å²) in [5.41, 5.74) is -0.732. The fourth-order valence-corrected chi connectivity index (χ4v) is 3.68. The number of carbonyl (C=O) groups excluding carboxylic acids is 2. The first-order chi connectivity index (χ1) is 11.1. The molecule has 1 saturated heterocycles. The lowest BCUT2D eigenvalue weighted by atomic mass is 9.82. The number of carbonyl (C=O) groups is 2. The van der Waals surface area contributed by atoms with Gasteiger partial charge in [0.2, 0.25) is 0 Å². The molecule has 3 amide bonds. The van der Waals surface area contributed by atoms with Crippen LogP contribution in [-0.4, -0.2) is 28.7 Å². The van der Waals surface area contributed by atoms with E-state index in [1.165, 1.54) is 6.21 Å². The number of rotatable bonds is 3. The van der Waals surface area contributed by atoms with Crippen LogP contribution in [0.1, 0.15) is 62.9 Å². The topological polar surface area (TPSA) is 74.9 Å². The van der Waals surface area contributed by atoms with Crippen molar-refractivity contribution in [1.82, 2.24) is 10.3 Å². The van der Waals surface area contributed by atoms with E-state index in [4.69, 9.17) is 4.42 Å². The number of nitrogens with one attached hydrogen (secondary N) is 1. The standard InChI is InChI=1S/C17H21N3O3/c1-11-9-13(11)14-6-5-12(23-14)10-18-20-15(21)17(19-16(20)22)7-3-2-4-8-17/h5-6,10-11,13H,2-4,7-9H2,1H3,(H,19,22)/b18-10-/t11-,13+/m0/s1. The molecule has 2 aliphatic carbocycles. The minimum Gasteiger partial charge on any atom is -0.460 e. The van der Waals surface area contributed by atoms with Gasteiger partial charge in [-0.05, 0) is 37.3 Å². The molecule has 4 rings (SSSR count). The van der Waals surface area contributed by atoms with E-state index in [2.05, 4.69) is 17.3 Å². The van der Waals surface area contributed by atoms with Crippen molar-refractivity contribution in [3.8, 4) is 0 Å². The van der Waals surface area contributed by atoms with Crippen LogP contribution in [0.3, 0.4) is 0 Å². The van der Waals surface area contributed by atoms with Crippen LogP contribution < -0.4 is 5.32 Å². The van der Waals surface area contributed by atoms with Gasteiger partial charge in [-0.1, -0.05) is 26.2 Å². The predicted molar refractivity (Wildman–Crippen MR) is 84.0 cm³/mol. The van der Waals surface area contributed by atoms with Gasteiger partial charge in [0, 0.05) is 5.92 Å². The lowest BCUT2D eigenvalue weighted by Crippen LogP contribution is -2.48. The quantitative estimate of drug-likeness (QED) is 0.688. The number of amides is 3. The van der Waals surface area contributed by atoms with E-state index in [1.54, 1.807) is 0 Å². The van der Waals surface area contributed by atoms with E-state index in [1.807, 2.05) is 12.1 Å². The Kier molecular flexibility index (Phi) is 3.28. The molecule has 3 aliphatic rings. The maximum atomic E-state index is 12.6. The fraction of sp³-hybridized carbons (Fsp3) is 0.588. The number of hydrogen-bond donors (Lipinski definition) is 1. The molecule has 2 saturated carbocycles. The molecule has 122 valence electrons. The van der Waals surface area contributed by atoms with Crippen molar-refractivity contribution < 1.29 is 14.0 Å². The zero-order chi connectivity index (χ0) is 16.0. The number of furan rings is 1. The molecule has 6 nitrogen and oxygen atoms in total. The summed E-state index contributed by atoms with van der Waals surface area (Å²) >= 11 is 0. The van der Waals surface area contributed by atoms with E-state index in [9.17, 15) is 9.59 Å². The molecular formula is C17H21N3O3. The van der Waals surface area contributed by atoms with Crippen LogP contribution in [0, 0.1) is 5.92 Å². The summed E-state index contributed by atoms with van der Waals surface area (Å²) in [6.07, 6.45) is 7.05. The first kappa shape index (κ1) is 14.5. The molecule has 2 atom stereocenters. The average molecular weight is 315 g/mol. The maximum absolute atomic E-state index is 12.6. The van der Waals surface area contributed by atoms with Gasteiger partial charge in [-0.2, -0.15) is 5.10 Å². The van der Waals surface area contributed by atoms with E-state index in [-0.39, 0.29) is 5.91 Å². The van der Waals surface area contributed by atoms with Gasteiger partial charge < -0.3 is 9.73 Å². The van der Waals surface area contributed by atoms with Gasteiger partial charge in [0.15, 0.2) is 0 Å². The van der Waals surface area contributed by atoms with Crippen LogP contribution >= 0.6 is 0 Å². The van der Waals surface area contributed by atoms with Gasteiger partial charge in [-0.3, -0.25) is 4.79 Å². The zero-order valence-corrected chi connectivity index (χ0v) is 13.2. The lowest BCUT2D eigenvalue weighted by molar-refractivity contribution is -0.132. The first-order valence-electron chi connectivity index (χ1n) is 8.39. The van der Waals surface area contributed by atoms with Crippen LogP contribution in [0.4, 0.5) is 4.79 Å². The van der Waals surface area contributed by atoms with E-state index in [0.29, 0.717) is 30.4 Å². The van der Waals surface area contributed by atoms with Gasteiger partial charge in [0.1, 0.15) is 17.1 Å².